The zero-order valence-electron chi connectivity index (χ0n) is 11.1. The molecule has 0 unspecified atom stereocenters. The number of hydrogen-bond acceptors (Lipinski definition) is 4. The molecule has 1 fully saturated rings. The fourth-order valence-electron chi connectivity index (χ4n) is 2.14. The Bertz CT molecular complexity index is 535. The highest BCUT2D eigenvalue weighted by Gasteiger charge is 2.30. The van der Waals surface area contributed by atoms with E-state index in [0.717, 1.165) is 23.3 Å². The van der Waals surface area contributed by atoms with Crippen molar-refractivity contribution in [2.24, 2.45) is 0 Å². The van der Waals surface area contributed by atoms with Crippen LogP contribution in [0.4, 0.5) is 0 Å². The van der Waals surface area contributed by atoms with Crippen LogP contribution in [0, 0.1) is 6.92 Å². The second kappa shape index (κ2) is 6.10. The van der Waals surface area contributed by atoms with E-state index >= 15 is 0 Å². The van der Waals surface area contributed by atoms with Crippen LogP contribution < -0.4 is 0 Å². The second-order valence-corrected chi connectivity index (χ2v) is 8.30. The molecule has 7 heteroatoms. The van der Waals surface area contributed by atoms with Crippen molar-refractivity contribution in [2.45, 2.75) is 35.9 Å². The van der Waals surface area contributed by atoms with E-state index < -0.39 is 10.0 Å². The molecule has 2 rings (SSSR count). The molecule has 0 aromatic carbocycles. The lowest BCUT2D eigenvalue weighted by atomic mass is 10.1. The van der Waals surface area contributed by atoms with Crippen molar-refractivity contribution in [3.05, 3.63) is 16.5 Å². The Morgan fingerprint density at radius 2 is 2.11 bits per heavy atom. The Balaban J connectivity index is 2.24. The van der Waals surface area contributed by atoms with Crippen molar-refractivity contribution in [3.8, 4) is 0 Å². The maximum absolute atomic E-state index is 12.6. The molecule has 0 N–H and O–H groups in total. The van der Waals surface area contributed by atoms with E-state index in [-0.39, 0.29) is 6.04 Å². The van der Waals surface area contributed by atoms with E-state index in [2.05, 4.69) is 0 Å². The summed E-state index contributed by atoms with van der Waals surface area (Å²) in [7, 11) is -1.76. The first-order chi connectivity index (χ1) is 8.96. The summed E-state index contributed by atoms with van der Waals surface area (Å²) in [6.45, 7) is 3.14. The summed E-state index contributed by atoms with van der Waals surface area (Å²) in [4.78, 5) is 0.917. The van der Waals surface area contributed by atoms with Gasteiger partial charge in [0.05, 0.1) is 5.88 Å². The third-order valence-corrected chi connectivity index (χ3v) is 7.48. The van der Waals surface area contributed by atoms with Gasteiger partial charge in [-0.15, -0.1) is 22.9 Å². The number of hydrogen-bond donors (Lipinski definition) is 0. The van der Waals surface area contributed by atoms with E-state index in [4.69, 9.17) is 16.3 Å². The zero-order chi connectivity index (χ0) is 14.0. The molecule has 0 bridgehead atoms. The molecule has 4 nitrogen and oxygen atoms in total. The van der Waals surface area contributed by atoms with Gasteiger partial charge in [0.25, 0.3) is 10.0 Å². The predicted octanol–water partition coefficient (Wildman–Crippen LogP) is 2.59. The Morgan fingerprint density at radius 1 is 1.47 bits per heavy atom. The minimum absolute atomic E-state index is 0.0283. The molecule has 0 saturated carbocycles. The Hall–Kier alpha value is -0.140. The van der Waals surface area contributed by atoms with Gasteiger partial charge >= 0.3 is 0 Å². The molecular weight excluding hydrogens is 306 g/mol. The summed E-state index contributed by atoms with van der Waals surface area (Å²) in [5.74, 6) is 0.354. The molecule has 0 spiro atoms. The Labute approximate surface area is 123 Å². The number of nitrogens with zero attached hydrogens (tertiary/aromatic N) is 1. The molecule has 1 saturated heterocycles. The maximum Gasteiger partial charge on any atom is 0.252 e. The first kappa shape index (κ1) is 15.3. The van der Waals surface area contributed by atoms with Crippen molar-refractivity contribution in [3.63, 3.8) is 0 Å². The average molecular weight is 324 g/mol. The molecule has 1 aliphatic rings. The van der Waals surface area contributed by atoms with Gasteiger partial charge in [0.15, 0.2) is 0 Å². The molecule has 1 aliphatic heterocycles. The number of ether oxygens (including phenoxy) is 1. The van der Waals surface area contributed by atoms with Gasteiger partial charge in [-0.3, -0.25) is 0 Å². The molecule has 2 heterocycles. The highest BCUT2D eigenvalue weighted by Crippen LogP contribution is 2.31. The summed E-state index contributed by atoms with van der Waals surface area (Å²) in [6.07, 6.45) is 1.50. The van der Waals surface area contributed by atoms with E-state index in [1.54, 1.807) is 13.1 Å². The zero-order valence-corrected chi connectivity index (χ0v) is 13.4. The van der Waals surface area contributed by atoms with Gasteiger partial charge in [-0.1, -0.05) is 0 Å². The fourth-order valence-corrected chi connectivity index (χ4v) is 5.55. The maximum atomic E-state index is 12.6. The summed E-state index contributed by atoms with van der Waals surface area (Å²) < 4.78 is 32.3. The minimum atomic E-state index is -3.41. The number of alkyl halides is 1. The molecule has 1 aromatic heterocycles. The van der Waals surface area contributed by atoms with Crippen molar-refractivity contribution >= 4 is 33.0 Å². The van der Waals surface area contributed by atoms with E-state index in [0.29, 0.717) is 23.3 Å². The smallest absolute Gasteiger partial charge is 0.252 e. The third-order valence-electron chi connectivity index (χ3n) is 3.46. The molecular formula is C12H18ClNO3S2. The average Bonchev–Trinajstić information content (AvgIpc) is 2.81. The quantitative estimate of drug-likeness (QED) is 0.800. The number of sulfonamides is 1. The fraction of sp³-hybridized carbons (Fsp3) is 0.667. The monoisotopic (exact) mass is 323 g/mol. The van der Waals surface area contributed by atoms with Crippen LogP contribution in [0.25, 0.3) is 0 Å². The first-order valence-electron chi connectivity index (χ1n) is 6.18. The van der Waals surface area contributed by atoms with Gasteiger partial charge in [0.1, 0.15) is 4.21 Å². The third kappa shape index (κ3) is 3.13. The Morgan fingerprint density at radius 3 is 2.63 bits per heavy atom. The van der Waals surface area contributed by atoms with E-state index in [1.165, 1.54) is 15.6 Å². The van der Waals surface area contributed by atoms with Gasteiger partial charge in [0, 0.05) is 31.2 Å². The van der Waals surface area contributed by atoms with Crippen LogP contribution in [0.2, 0.25) is 0 Å². The van der Waals surface area contributed by atoms with Gasteiger partial charge in [-0.2, -0.15) is 4.31 Å². The van der Waals surface area contributed by atoms with Crippen molar-refractivity contribution < 1.29 is 13.2 Å². The lowest BCUT2D eigenvalue weighted by Crippen LogP contribution is -2.40. The van der Waals surface area contributed by atoms with E-state index in [9.17, 15) is 8.42 Å². The van der Waals surface area contributed by atoms with Crippen LogP contribution >= 0.6 is 22.9 Å². The largest absolute Gasteiger partial charge is 0.381 e. The van der Waals surface area contributed by atoms with Gasteiger partial charge < -0.3 is 4.74 Å². The van der Waals surface area contributed by atoms with Crippen molar-refractivity contribution in [1.29, 1.82) is 0 Å². The first-order valence-corrected chi connectivity index (χ1v) is 8.97. The van der Waals surface area contributed by atoms with Crippen molar-refractivity contribution in [1.82, 2.24) is 4.31 Å². The number of rotatable bonds is 4. The highest BCUT2D eigenvalue weighted by atomic mass is 35.5. The topological polar surface area (TPSA) is 46.6 Å². The predicted molar refractivity (Wildman–Crippen MR) is 77.4 cm³/mol. The van der Waals surface area contributed by atoms with Crippen molar-refractivity contribution in [2.75, 3.05) is 20.3 Å². The second-order valence-electron chi connectivity index (χ2n) is 4.67. The molecule has 0 amide bonds. The van der Waals surface area contributed by atoms with Crippen LogP contribution in [-0.4, -0.2) is 39.0 Å². The van der Waals surface area contributed by atoms with Crippen LogP contribution in [0.3, 0.4) is 0 Å². The molecule has 19 heavy (non-hydrogen) atoms. The van der Waals surface area contributed by atoms with Crippen LogP contribution in [-0.2, 0) is 20.6 Å². The standard InChI is InChI=1S/C12H18ClNO3S2/c1-9-7-12(18-11(9)8-13)19(15,16)14(2)10-3-5-17-6-4-10/h7,10H,3-6,8H2,1-2H3. The van der Waals surface area contributed by atoms with Crippen LogP contribution in [0.15, 0.2) is 10.3 Å². The SMILES string of the molecule is Cc1cc(S(=O)(=O)N(C)C2CCOCC2)sc1CCl. The van der Waals surface area contributed by atoms with E-state index in [1.807, 2.05) is 6.92 Å². The lowest BCUT2D eigenvalue weighted by Gasteiger charge is -2.29. The van der Waals surface area contributed by atoms with Gasteiger partial charge in [0.2, 0.25) is 0 Å². The van der Waals surface area contributed by atoms with Gasteiger partial charge in [-0.25, -0.2) is 8.42 Å². The molecule has 0 aliphatic carbocycles. The number of thiophene rings is 1. The number of aryl methyl sites for hydroxylation is 1. The van der Waals surface area contributed by atoms with Crippen LogP contribution in [0.5, 0.6) is 0 Å². The molecule has 108 valence electrons. The summed E-state index contributed by atoms with van der Waals surface area (Å²) in [6, 6.07) is 1.74. The molecule has 1 aromatic rings. The highest BCUT2D eigenvalue weighted by molar-refractivity contribution is 7.91. The van der Waals surface area contributed by atoms with Crippen LogP contribution in [0.1, 0.15) is 23.3 Å². The summed E-state index contributed by atoms with van der Waals surface area (Å²) >= 11 is 7.08. The molecule has 0 atom stereocenters. The minimum Gasteiger partial charge on any atom is -0.381 e. The number of halogens is 1. The van der Waals surface area contributed by atoms with Gasteiger partial charge in [-0.05, 0) is 31.4 Å². The normalized spacial score (nSPS) is 18.1. The summed E-state index contributed by atoms with van der Waals surface area (Å²) in [5.41, 5.74) is 0.943. The lowest BCUT2D eigenvalue weighted by molar-refractivity contribution is 0.0632. The molecule has 0 radical (unpaired) electrons. The summed E-state index contributed by atoms with van der Waals surface area (Å²) in [5, 5.41) is 0. The Kier molecular flexibility index (Phi) is 4.89.